The van der Waals surface area contributed by atoms with E-state index < -0.39 is 0 Å². The van der Waals surface area contributed by atoms with Crippen molar-refractivity contribution in [3.63, 3.8) is 0 Å². The van der Waals surface area contributed by atoms with Crippen molar-refractivity contribution in [2.45, 2.75) is 43.3 Å². The van der Waals surface area contributed by atoms with Crippen molar-refractivity contribution in [2.24, 2.45) is 0 Å². The lowest BCUT2D eigenvalue weighted by atomic mass is 10.2. The fourth-order valence-electron chi connectivity index (χ4n) is 3.48. The summed E-state index contributed by atoms with van der Waals surface area (Å²) in [5, 5.41) is 15.2. The molecule has 0 radical (unpaired) electrons. The van der Waals surface area contributed by atoms with Crippen LogP contribution in [0.25, 0.3) is 21.3 Å². The first kappa shape index (κ1) is 19.9. The number of aryl methyl sites for hydroxylation is 1. The first-order chi connectivity index (χ1) is 14.8. The highest BCUT2D eigenvalue weighted by molar-refractivity contribution is 7.98. The standard InChI is InChI=1S/C22H22N4OS3/c1-15-6-8-16(9-7-15)21-23-17(13-29-21)14-30-22-25-24-20(19-5-3-11-28-19)26(22)12-18-4-2-10-27-18/h3,5-9,11,13,18H,2,4,10,12,14H2,1H3/t18-/m1/s1. The Bertz CT molecular complexity index is 1100. The number of thiazole rings is 1. The van der Waals surface area contributed by atoms with Gasteiger partial charge in [-0.2, -0.15) is 0 Å². The van der Waals surface area contributed by atoms with Gasteiger partial charge in [0, 0.05) is 23.3 Å². The highest BCUT2D eigenvalue weighted by Crippen LogP contribution is 2.31. The average Bonchev–Trinajstić information content (AvgIpc) is 3.55. The maximum absolute atomic E-state index is 5.88. The molecular formula is C22H22N4OS3. The summed E-state index contributed by atoms with van der Waals surface area (Å²) >= 11 is 5.08. The monoisotopic (exact) mass is 454 g/mol. The molecule has 8 heteroatoms. The maximum atomic E-state index is 5.88. The van der Waals surface area contributed by atoms with Crippen molar-refractivity contribution >= 4 is 34.4 Å². The van der Waals surface area contributed by atoms with E-state index in [1.54, 1.807) is 34.4 Å². The predicted molar refractivity (Wildman–Crippen MR) is 124 cm³/mol. The van der Waals surface area contributed by atoms with Crippen molar-refractivity contribution in [2.75, 3.05) is 6.61 Å². The largest absolute Gasteiger partial charge is 0.376 e. The van der Waals surface area contributed by atoms with E-state index in [-0.39, 0.29) is 6.10 Å². The third-order valence-electron chi connectivity index (χ3n) is 5.07. The van der Waals surface area contributed by atoms with Gasteiger partial charge in [0.1, 0.15) is 5.01 Å². The second kappa shape index (κ2) is 9.01. The molecule has 0 spiro atoms. The average molecular weight is 455 g/mol. The molecule has 0 N–H and O–H groups in total. The molecule has 154 valence electrons. The minimum atomic E-state index is 0.242. The number of nitrogens with zero attached hydrogens (tertiary/aromatic N) is 4. The first-order valence-electron chi connectivity index (χ1n) is 9.99. The topological polar surface area (TPSA) is 52.8 Å². The van der Waals surface area contributed by atoms with Crippen LogP contribution in [0.3, 0.4) is 0 Å². The van der Waals surface area contributed by atoms with Crippen LogP contribution in [-0.2, 0) is 17.0 Å². The maximum Gasteiger partial charge on any atom is 0.191 e. The lowest BCUT2D eigenvalue weighted by molar-refractivity contribution is 0.0953. The summed E-state index contributed by atoms with van der Waals surface area (Å²) in [6.45, 7) is 3.75. The van der Waals surface area contributed by atoms with Gasteiger partial charge in [-0.15, -0.1) is 32.9 Å². The second-order valence-corrected chi connectivity index (χ2v) is 10.1. The summed E-state index contributed by atoms with van der Waals surface area (Å²) in [5.41, 5.74) is 3.51. The Morgan fingerprint density at radius 3 is 2.83 bits per heavy atom. The molecule has 0 unspecified atom stereocenters. The molecular weight excluding hydrogens is 432 g/mol. The summed E-state index contributed by atoms with van der Waals surface area (Å²) in [4.78, 5) is 5.97. The van der Waals surface area contributed by atoms with Gasteiger partial charge >= 0.3 is 0 Å². The molecule has 0 saturated carbocycles. The lowest BCUT2D eigenvalue weighted by Gasteiger charge is -2.14. The molecule has 0 amide bonds. The van der Waals surface area contributed by atoms with E-state index in [1.165, 1.54) is 11.1 Å². The quantitative estimate of drug-likeness (QED) is 0.325. The molecule has 1 aliphatic rings. The number of hydrogen-bond donors (Lipinski definition) is 0. The molecule has 0 bridgehead atoms. The molecule has 30 heavy (non-hydrogen) atoms. The zero-order chi connectivity index (χ0) is 20.3. The van der Waals surface area contributed by atoms with Gasteiger partial charge in [-0.3, -0.25) is 4.57 Å². The fraction of sp³-hybridized carbons (Fsp3) is 0.318. The summed E-state index contributed by atoms with van der Waals surface area (Å²) in [6, 6.07) is 12.7. The van der Waals surface area contributed by atoms with Crippen molar-refractivity contribution in [3.05, 3.63) is 58.4 Å². The lowest BCUT2D eigenvalue weighted by Crippen LogP contribution is -2.16. The molecule has 1 aliphatic heterocycles. The Morgan fingerprint density at radius 2 is 2.07 bits per heavy atom. The number of benzene rings is 1. The summed E-state index contributed by atoms with van der Waals surface area (Å²) in [5.74, 6) is 1.71. The van der Waals surface area contributed by atoms with Crippen LogP contribution in [0.5, 0.6) is 0 Å². The highest BCUT2D eigenvalue weighted by atomic mass is 32.2. The van der Waals surface area contributed by atoms with Gasteiger partial charge < -0.3 is 4.74 Å². The molecule has 1 aromatic carbocycles. The Kier molecular flexibility index (Phi) is 5.99. The highest BCUT2D eigenvalue weighted by Gasteiger charge is 2.22. The molecule has 5 rings (SSSR count). The number of rotatable bonds is 7. The third-order valence-corrected chi connectivity index (χ3v) is 7.87. The Balaban J connectivity index is 1.34. The van der Waals surface area contributed by atoms with Crippen LogP contribution in [0.2, 0.25) is 0 Å². The van der Waals surface area contributed by atoms with Gasteiger partial charge in [-0.1, -0.05) is 47.7 Å². The van der Waals surface area contributed by atoms with Crippen molar-refractivity contribution < 1.29 is 4.74 Å². The minimum absolute atomic E-state index is 0.242. The van der Waals surface area contributed by atoms with Crippen molar-refractivity contribution in [3.8, 4) is 21.3 Å². The smallest absolute Gasteiger partial charge is 0.191 e. The van der Waals surface area contributed by atoms with E-state index in [2.05, 4.69) is 68.8 Å². The fourth-order valence-corrected chi connectivity index (χ4v) is 5.97. The Labute approximate surface area is 188 Å². The molecule has 5 nitrogen and oxygen atoms in total. The SMILES string of the molecule is Cc1ccc(-c2nc(CSc3nnc(-c4cccs4)n3C[C@H]3CCCO3)cs2)cc1. The van der Waals surface area contributed by atoms with E-state index in [9.17, 15) is 0 Å². The van der Waals surface area contributed by atoms with Crippen LogP contribution in [0.1, 0.15) is 24.1 Å². The molecule has 0 aliphatic carbocycles. The summed E-state index contributed by atoms with van der Waals surface area (Å²) in [6.07, 6.45) is 2.47. The van der Waals surface area contributed by atoms with Gasteiger partial charge in [-0.25, -0.2) is 4.98 Å². The van der Waals surface area contributed by atoms with Gasteiger partial charge in [0.2, 0.25) is 0 Å². The Hall–Kier alpha value is -2.00. The zero-order valence-corrected chi connectivity index (χ0v) is 19.1. The van der Waals surface area contributed by atoms with Crippen LogP contribution in [0, 0.1) is 6.92 Å². The van der Waals surface area contributed by atoms with Gasteiger partial charge in [0.15, 0.2) is 11.0 Å². The number of thiophene rings is 1. The predicted octanol–water partition coefficient (Wildman–Crippen LogP) is 5.91. The van der Waals surface area contributed by atoms with E-state index in [4.69, 9.17) is 9.72 Å². The van der Waals surface area contributed by atoms with Gasteiger partial charge in [0.05, 0.1) is 23.2 Å². The molecule has 1 fully saturated rings. The number of thioether (sulfide) groups is 1. The molecule has 1 saturated heterocycles. The van der Waals surface area contributed by atoms with Crippen molar-refractivity contribution in [1.29, 1.82) is 0 Å². The third kappa shape index (κ3) is 4.37. The molecule has 3 aromatic heterocycles. The van der Waals surface area contributed by atoms with Crippen LogP contribution in [0.4, 0.5) is 0 Å². The normalized spacial score (nSPS) is 16.4. The van der Waals surface area contributed by atoms with E-state index in [0.29, 0.717) is 0 Å². The van der Waals surface area contributed by atoms with Gasteiger partial charge in [-0.05, 0) is 31.2 Å². The van der Waals surface area contributed by atoms with Crippen LogP contribution >= 0.6 is 34.4 Å². The van der Waals surface area contributed by atoms with E-state index >= 15 is 0 Å². The zero-order valence-electron chi connectivity index (χ0n) is 16.7. The molecule has 4 aromatic rings. The van der Waals surface area contributed by atoms with Gasteiger partial charge in [0.25, 0.3) is 0 Å². The van der Waals surface area contributed by atoms with Crippen LogP contribution in [0.15, 0.2) is 52.3 Å². The van der Waals surface area contributed by atoms with Crippen LogP contribution < -0.4 is 0 Å². The van der Waals surface area contributed by atoms with E-state index in [1.807, 2.05) is 0 Å². The van der Waals surface area contributed by atoms with Crippen LogP contribution in [-0.4, -0.2) is 32.5 Å². The summed E-state index contributed by atoms with van der Waals surface area (Å²) in [7, 11) is 0. The Morgan fingerprint density at radius 1 is 1.17 bits per heavy atom. The second-order valence-electron chi connectivity index (χ2n) is 7.33. The van der Waals surface area contributed by atoms with E-state index in [0.717, 1.165) is 58.3 Å². The summed E-state index contributed by atoms with van der Waals surface area (Å²) < 4.78 is 8.11. The number of ether oxygens (including phenoxy) is 1. The minimum Gasteiger partial charge on any atom is -0.376 e. The first-order valence-corrected chi connectivity index (χ1v) is 12.7. The molecule has 1 atom stereocenters. The number of aromatic nitrogens is 4. The number of hydrogen-bond acceptors (Lipinski definition) is 7. The van der Waals surface area contributed by atoms with Crippen molar-refractivity contribution in [1.82, 2.24) is 19.7 Å². The molecule has 4 heterocycles.